The molecule has 1 aromatic carbocycles. The summed E-state index contributed by atoms with van der Waals surface area (Å²) < 4.78 is 13.4. The minimum Gasteiger partial charge on any atom is -0.508 e. The fourth-order valence-electron chi connectivity index (χ4n) is 1.14. The van der Waals surface area contributed by atoms with Crippen molar-refractivity contribution in [1.82, 2.24) is 4.98 Å². The van der Waals surface area contributed by atoms with Crippen LogP contribution in [0.2, 0.25) is 5.02 Å². The third-order valence-electron chi connectivity index (χ3n) is 1.81. The van der Waals surface area contributed by atoms with Gasteiger partial charge in [-0.3, -0.25) is 0 Å². The van der Waals surface area contributed by atoms with Crippen molar-refractivity contribution in [2.24, 2.45) is 0 Å². The molecule has 0 amide bonds. The van der Waals surface area contributed by atoms with Crippen LogP contribution in [0.5, 0.6) is 5.75 Å². The van der Waals surface area contributed by atoms with Crippen molar-refractivity contribution < 1.29 is 9.50 Å². The lowest BCUT2D eigenvalue weighted by atomic mass is 10.3. The summed E-state index contributed by atoms with van der Waals surface area (Å²) in [6.45, 7) is 0. The number of halogens is 2. The Morgan fingerprint density at radius 2 is 2.12 bits per heavy atom. The fourth-order valence-corrected chi connectivity index (χ4v) is 2.09. The molecule has 1 N–H and O–H groups in total. The van der Waals surface area contributed by atoms with E-state index >= 15 is 0 Å². The summed E-state index contributed by atoms with van der Waals surface area (Å²) >= 11 is 6.73. The van der Waals surface area contributed by atoms with E-state index in [1.165, 1.54) is 12.3 Å². The Labute approximate surface area is 101 Å². The van der Waals surface area contributed by atoms with Gasteiger partial charge in [-0.25, -0.2) is 9.37 Å². The number of rotatable bonds is 2. The van der Waals surface area contributed by atoms with Crippen LogP contribution in [0.3, 0.4) is 0 Å². The van der Waals surface area contributed by atoms with E-state index in [0.29, 0.717) is 4.90 Å². The van der Waals surface area contributed by atoms with E-state index in [0.717, 1.165) is 11.8 Å². The second kappa shape index (κ2) is 4.72. The third-order valence-corrected chi connectivity index (χ3v) is 3.00. The van der Waals surface area contributed by atoms with Gasteiger partial charge in [0.25, 0.3) is 0 Å². The van der Waals surface area contributed by atoms with Crippen molar-refractivity contribution in [3.63, 3.8) is 0 Å². The second-order valence-corrected chi connectivity index (χ2v) is 4.54. The highest BCUT2D eigenvalue weighted by Crippen LogP contribution is 2.30. The van der Waals surface area contributed by atoms with Crippen LogP contribution in [0.1, 0.15) is 0 Å². The summed E-state index contributed by atoms with van der Waals surface area (Å²) in [5.41, 5.74) is 0. The van der Waals surface area contributed by atoms with Crippen molar-refractivity contribution in [2.45, 2.75) is 9.92 Å². The van der Waals surface area contributed by atoms with Crippen LogP contribution in [0, 0.1) is 5.82 Å². The van der Waals surface area contributed by atoms with E-state index < -0.39 is 5.82 Å². The van der Waals surface area contributed by atoms with Crippen molar-refractivity contribution in [1.29, 1.82) is 0 Å². The molecular weight excluding hydrogens is 249 g/mol. The summed E-state index contributed by atoms with van der Waals surface area (Å²) in [4.78, 5) is 4.59. The van der Waals surface area contributed by atoms with E-state index in [2.05, 4.69) is 4.98 Å². The van der Waals surface area contributed by atoms with Crippen LogP contribution < -0.4 is 0 Å². The molecular formula is C11H7ClFNOS. The summed E-state index contributed by atoms with van der Waals surface area (Å²) in [6.07, 6.45) is 1.38. The van der Waals surface area contributed by atoms with Crippen molar-refractivity contribution >= 4 is 23.4 Å². The van der Waals surface area contributed by atoms with Crippen LogP contribution in [0.15, 0.2) is 46.5 Å². The zero-order chi connectivity index (χ0) is 11.5. The molecule has 0 spiro atoms. The molecule has 0 atom stereocenters. The summed E-state index contributed by atoms with van der Waals surface area (Å²) in [5, 5.41) is 9.75. The van der Waals surface area contributed by atoms with E-state index in [9.17, 15) is 9.50 Å². The number of hydrogen-bond acceptors (Lipinski definition) is 3. The van der Waals surface area contributed by atoms with Crippen molar-refractivity contribution in [3.8, 4) is 5.75 Å². The monoisotopic (exact) mass is 255 g/mol. The van der Waals surface area contributed by atoms with Crippen LogP contribution >= 0.6 is 23.4 Å². The molecule has 2 nitrogen and oxygen atoms in total. The van der Waals surface area contributed by atoms with Crippen LogP contribution in [-0.4, -0.2) is 10.1 Å². The Balaban J connectivity index is 2.27. The first-order valence-electron chi connectivity index (χ1n) is 4.43. The van der Waals surface area contributed by atoms with E-state index in [-0.39, 0.29) is 15.8 Å². The average Bonchev–Trinajstić information content (AvgIpc) is 2.22. The standard InChI is InChI=1S/C11H7ClFNOS/c12-7-4-10(13)11(14-6-7)16-9-3-1-2-8(15)5-9/h1-6,15H. The van der Waals surface area contributed by atoms with Crippen LogP contribution in [0.4, 0.5) is 4.39 Å². The normalized spacial score (nSPS) is 10.4. The first kappa shape index (κ1) is 11.2. The van der Waals surface area contributed by atoms with E-state index in [4.69, 9.17) is 11.6 Å². The number of nitrogens with zero attached hydrogens (tertiary/aromatic N) is 1. The zero-order valence-corrected chi connectivity index (χ0v) is 9.60. The van der Waals surface area contributed by atoms with Gasteiger partial charge >= 0.3 is 0 Å². The number of hydrogen-bond donors (Lipinski definition) is 1. The lowest BCUT2D eigenvalue weighted by molar-refractivity contribution is 0.474. The predicted molar refractivity (Wildman–Crippen MR) is 61.4 cm³/mol. The van der Waals surface area contributed by atoms with Crippen molar-refractivity contribution in [2.75, 3.05) is 0 Å². The van der Waals surface area contributed by atoms with Crippen LogP contribution in [0.25, 0.3) is 0 Å². The highest BCUT2D eigenvalue weighted by Gasteiger charge is 2.06. The van der Waals surface area contributed by atoms with E-state index in [1.54, 1.807) is 24.3 Å². The lowest BCUT2D eigenvalue weighted by Gasteiger charge is -2.02. The SMILES string of the molecule is Oc1cccc(Sc2ncc(Cl)cc2F)c1. The summed E-state index contributed by atoms with van der Waals surface area (Å²) in [6, 6.07) is 7.75. The minimum atomic E-state index is -0.471. The quantitative estimate of drug-likeness (QED) is 0.888. The number of phenols is 1. The summed E-state index contributed by atoms with van der Waals surface area (Å²) in [5.74, 6) is -0.333. The van der Waals surface area contributed by atoms with E-state index in [1.807, 2.05) is 0 Å². The molecule has 0 fully saturated rings. The molecule has 0 aliphatic rings. The van der Waals surface area contributed by atoms with Crippen LogP contribution in [-0.2, 0) is 0 Å². The molecule has 0 saturated carbocycles. The number of aromatic hydroxyl groups is 1. The molecule has 0 aliphatic carbocycles. The van der Waals surface area contributed by atoms with Gasteiger partial charge in [0.15, 0.2) is 5.82 Å². The Kier molecular flexibility index (Phi) is 3.31. The fraction of sp³-hybridized carbons (Fsp3) is 0. The Morgan fingerprint density at radius 1 is 1.31 bits per heavy atom. The zero-order valence-electron chi connectivity index (χ0n) is 8.02. The maximum Gasteiger partial charge on any atom is 0.157 e. The van der Waals surface area contributed by atoms with Gasteiger partial charge in [0.05, 0.1) is 5.02 Å². The second-order valence-electron chi connectivity index (χ2n) is 3.04. The maximum absolute atomic E-state index is 13.4. The number of aromatic nitrogens is 1. The predicted octanol–water partition coefficient (Wildman–Crippen LogP) is 3.73. The minimum absolute atomic E-state index is 0.138. The Hall–Kier alpha value is -1.26. The third kappa shape index (κ3) is 2.65. The van der Waals surface area contributed by atoms with Gasteiger partial charge in [0.2, 0.25) is 0 Å². The largest absolute Gasteiger partial charge is 0.508 e. The van der Waals surface area contributed by atoms with Gasteiger partial charge in [-0.2, -0.15) is 0 Å². The highest BCUT2D eigenvalue weighted by molar-refractivity contribution is 7.99. The molecule has 0 radical (unpaired) electrons. The van der Waals surface area contributed by atoms with Gasteiger partial charge in [-0.1, -0.05) is 29.4 Å². The topological polar surface area (TPSA) is 33.1 Å². The molecule has 5 heteroatoms. The highest BCUT2D eigenvalue weighted by atomic mass is 35.5. The molecule has 2 rings (SSSR count). The number of phenolic OH excluding ortho intramolecular Hbond substituents is 1. The smallest absolute Gasteiger partial charge is 0.157 e. The Morgan fingerprint density at radius 3 is 2.81 bits per heavy atom. The van der Waals surface area contributed by atoms with Gasteiger partial charge in [0.1, 0.15) is 10.8 Å². The summed E-state index contributed by atoms with van der Waals surface area (Å²) in [7, 11) is 0. The van der Waals surface area contributed by atoms with Crippen molar-refractivity contribution in [3.05, 3.63) is 47.4 Å². The average molecular weight is 256 g/mol. The number of benzene rings is 1. The first-order chi connectivity index (χ1) is 7.65. The molecule has 0 bridgehead atoms. The molecule has 1 aromatic heterocycles. The molecule has 2 aromatic rings. The maximum atomic E-state index is 13.4. The molecule has 0 unspecified atom stereocenters. The van der Waals surface area contributed by atoms with Gasteiger partial charge in [-0.15, -0.1) is 0 Å². The van der Waals surface area contributed by atoms with Gasteiger partial charge < -0.3 is 5.11 Å². The van der Waals surface area contributed by atoms with Gasteiger partial charge in [-0.05, 0) is 24.3 Å². The first-order valence-corrected chi connectivity index (χ1v) is 5.62. The molecule has 0 saturated heterocycles. The van der Waals surface area contributed by atoms with Gasteiger partial charge in [0, 0.05) is 11.1 Å². The molecule has 0 aliphatic heterocycles. The lowest BCUT2D eigenvalue weighted by Crippen LogP contribution is -1.86. The number of pyridine rings is 1. The molecule has 1 heterocycles. The Bertz CT molecular complexity index is 521. The molecule has 82 valence electrons. The molecule has 16 heavy (non-hydrogen) atoms.